The summed E-state index contributed by atoms with van der Waals surface area (Å²) in [6, 6.07) is 10.7. The predicted octanol–water partition coefficient (Wildman–Crippen LogP) is 5.19. The maximum atomic E-state index is 12.5. The Bertz CT molecular complexity index is 951. The standard InChI is InChI=1S/C18H14Cl5N3O3S/c1-29-15(28)9-2-5-11(6-3-9)24-17(30)26-16(18(21,22)23)25-14(27)12-7-4-10(19)8-13(12)20/h2-8,16H,1H3,(H,25,27)(H2,24,26,30). The van der Waals surface area contributed by atoms with Crippen molar-refractivity contribution in [3.63, 3.8) is 0 Å². The quantitative estimate of drug-likeness (QED) is 0.214. The number of amides is 1. The largest absolute Gasteiger partial charge is 0.465 e. The predicted molar refractivity (Wildman–Crippen MR) is 125 cm³/mol. The number of benzene rings is 2. The molecule has 12 heteroatoms. The summed E-state index contributed by atoms with van der Waals surface area (Å²) in [6.45, 7) is 0. The normalized spacial score (nSPS) is 11.9. The molecule has 0 heterocycles. The van der Waals surface area contributed by atoms with Crippen LogP contribution < -0.4 is 16.0 Å². The van der Waals surface area contributed by atoms with E-state index in [-0.39, 0.29) is 15.7 Å². The number of alkyl halides is 3. The van der Waals surface area contributed by atoms with Gasteiger partial charge in [0.05, 0.1) is 23.3 Å². The highest BCUT2D eigenvalue weighted by Crippen LogP contribution is 2.30. The fourth-order valence-electron chi connectivity index (χ4n) is 2.19. The SMILES string of the molecule is COC(=O)c1ccc(NC(=S)NC(NC(=O)c2ccc(Cl)cc2Cl)C(Cl)(Cl)Cl)cc1. The monoisotopic (exact) mass is 527 g/mol. The Balaban J connectivity index is 2.08. The number of hydrogen-bond donors (Lipinski definition) is 3. The summed E-state index contributed by atoms with van der Waals surface area (Å²) in [4.78, 5) is 24.0. The average molecular weight is 530 g/mol. The third kappa shape index (κ3) is 7.04. The summed E-state index contributed by atoms with van der Waals surface area (Å²) < 4.78 is 2.69. The van der Waals surface area contributed by atoms with E-state index in [0.29, 0.717) is 16.3 Å². The van der Waals surface area contributed by atoms with Gasteiger partial charge in [-0.3, -0.25) is 4.79 Å². The molecule has 0 aromatic heterocycles. The zero-order chi connectivity index (χ0) is 22.5. The lowest BCUT2D eigenvalue weighted by molar-refractivity contribution is 0.0600. The number of carbonyl (C=O) groups excluding carboxylic acids is 2. The number of halogens is 5. The Labute approximate surface area is 203 Å². The van der Waals surface area contributed by atoms with Gasteiger partial charge in [0.2, 0.25) is 3.79 Å². The zero-order valence-corrected chi connectivity index (χ0v) is 19.7. The summed E-state index contributed by atoms with van der Waals surface area (Å²) in [5.41, 5.74) is 1.06. The second kappa shape index (κ2) is 10.7. The van der Waals surface area contributed by atoms with Crippen LogP contribution in [-0.2, 0) is 4.74 Å². The van der Waals surface area contributed by atoms with Crippen molar-refractivity contribution in [1.82, 2.24) is 10.6 Å². The van der Waals surface area contributed by atoms with E-state index in [1.165, 1.54) is 25.3 Å². The molecule has 0 fully saturated rings. The number of anilines is 1. The number of rotatable bonds is 5. The first-order valence-corrected chi connectivity index (χ1v) is 10.4. The molecule has 2 rings (SSSR count). The molecule has 0 aliphatic heterocycles. The van der Waals surface area contributed by atoms with Gasteiger partial charge in [0.1, 0.15) is 6.17 Å². The van der Waals surface area contributed by atoms with Gasteiger partial charge in [0, 0.05) is 10.7 Å². The lowest BCUT2D eigenvalue weighted by Crippen LogP contribution is -2.56. The Kier molecular flexibility index (Phi) is 8.85. The van der Waals surface area contributed by atoms with E-state index in [4.69, 9.17) is 70.2 Å². The highest BCUT2D eigenvalue weighted by Gasteiger charge is 2.35. The van der Waals surface area contributed by atoms with Crippen molar-refractivity contribution < 1.29 is 14.3 Å². The molecule has 2 aromatic carbocycles. The molecule has 1 amide bonds. The summed E-state index contributed by atoms with van der Waals surface area (Å²) in [7, 11) is 1.29. The van der Waals surface area contributed by atoms with Crippen LogP contribution in [0.3, 0.4) is 0 Å². The first kappa shape index (κ1) is 24.8. The maximum absolute atomic E-state index is 12.5. The smallest absolute Gasteiger partial charge is 0.337 e. The van der Waals surface area contributed by atoms with Crippen molar-refractivity contribution in [1.29, 1.82) is 0 Å². The van der Waals surface area contributed by atoms with E-state index in [0.717, 1.165) is 0 Å². The molecule has 0 saturated heterocycles. The molecule has 0 bridgehead atoms. The summed E-state index contributed by atoms with van der Waals surface area (Å²) in [6.07, 6.45) is -1.20. The molecule has 6 nitrogen and oxygen atoms in total. The van der Waals surface area contributed by atoms with E-state index >= 15 is 0 Å². The number of methoxy groups -OCH3 is 1. The second-order valence-electron chi connectivity index (χ2n) is 5.74. The molecule has 0 spiro atoms. The average Bonchev–Trinajstić information content (AvgIpc) is 2.66. The minimum atomic E-state index is -1.95. The van der Waals surface area contributed by atoms with Crippen LogP contribution in [0.2, 0.25) is 10.0 Å². The Morgan fingerprint density at radius 3 is 2.20 bits per heavy atom. The molecule has 3 N–H and O–H groups in total. The van der Waals surface area contributed by atoms with Gasteiger partial charge in [-0.05, 0) is 54.7 Å². The molecule has 30 heavy (non-hydrogen) atoms. The highest BCUT2D eigenvalue weighted by atomic mass is 35.6. The van der Waals surface area contributed by atoms with E-state index in [2.05, 4.69) is 20.7 Å². The van der Waals surface area contributed by atoms with E-state index in [1.54, 1.807) is 24.3 Å². The molecule has 0 saturated carbocycles. The second-order valence-corrected chi connectivity index (χ2v) is 9.36. The summed E-state index contributed by atoms with van der Waals surface area (Å²) >= 11 is 35.0. The molecule has 2 aromatic rings. The molecular weight excluding hydrogens is 516 g/mol. The van der Waals surface area contributed by atoms with Crippen LogP contribution in [0, 0.1) is 0 Å². The van der Waals surface area contributed by atoms with Gasteiger partial charge in [-0.1, -0.05) is 58.0 Å². The number of thiocarbonyl (C=S) groups is 1. The molecule has 0 aliphatic rings. The van der Waals surface area contributed by atoms with Crippen LogP contribution >= 0.6 is 70.2 Å². The topological polar surface area (TPSA) is 79.5 Å². The van der Waals surface area contributed by atoms with Crippen LogP contribution in [0.5, 0.6) is 0 Å². The third-order valence-corrected chi connectivity index (χ3v) is 5.04. The number of hydrogen-bond acceptors (Lipinski definition) is 4. The van der Waals surface area contributed by atoms with E-state index in [1.807, 2.05) is 0 Å². The van der Waals surface area contributed by atoms with Gasteiger partial charge in [0.15, 0.2) is 5.11 Å². The van der Waals surface area contributed by atoms with Crippen molar-refractivity contribution in [3.8, 4) is 0 Å². The van der Waals surface area contributed by atoms with Crippen LogP contribution in [-0.4, -0.2) is 34.1 Å². The number of esters is 1. The fourth-order valence-corrected chi connectivity index (χ4v) is 3.25. The lowest BCUT2D eigenvalue weighted by Gasteiger charge is -2.28. The Hall–Kier alpha value is -1.48. The molecule has 1 unspecified atom stereocenters. The van der Waals surface area contributed by atoms with Crippen molar-refractivity contribution in [2.24, 2.45) is 0 Å². The van der Waals surface area contributed by atoms with Gasteiger partial charge in [0.25, 0.3) is 5.91 Å². The first-order chi connectivity index (χ1) is 14.0. The summed E-state index contributed by atoms with van der Waals surface area (Å²) in [5, 5.41) is 8.66. The molecule has 160 valence electrons. The third-order valence-electron chi connectivity index (χ3n) is 3.62. The molecule has 1 atom stereocenters. The van der Waals surface area contributed by atoms with Crippen molar-refractivity contribution in [3.05, 3.63) is 63.6 Å². The van der Waals surface area contributed by atoms with Crippen LogP contribution in [0.15, 0.2) is 42.5 Å². The highest BCUT2D eigenvalue weighted by molar-refractivity contribution is 7.80. The van der Waals surface area contributed by atoms with Gasteiger partial charge < -0.3 is 20.7 Å². The van der Waals surface area contributed by atoms with Crippen LogP contribution in [0.1, 0.15) is 20.7 Å². The van der Waals surface area contributed by atoms with E-state index in [9.17, 15) is 9.59 Å². The fraction of sp³-hybridized carbons (Fsp3) is 0.167. The molecule has 0 aliphatic carbocycles. The van der Waals surface area contributed by atoms with E-state index < -0.39 is 21.8 Å². The van der Waals surface area contributed by atoms with Crippen molar-refractivity contribution in [2.45, 2.75) is 9.96 Å². The maximum Gasteiger partial charge on any atom is 0.337 e. The van der Waals surface area contributed by atoms with Gasteiger partial charge in [-0.25, -0.2) is 4.79 Å². The van der Waals surface area contributed by atoms with Gasteiger partial charge >= 0.3 is 5.97 Å². The first-order valence-electron chi connectivity index (χ1n) is 8.10. The van der Waals surface area contributed by atoms with Crippen LogP contribution in [0.4, 0.5) is 5.69 Å². The van der Waals surface area contributed by atoms with Crippen molar-refractivity contribution in [2.75, 3.05) is 12.4 Å². The van der Waals surface area contributed by atoms with Crippen molar-refractivity contribution >= 4 is 92.9 Å². The van der Waals surface area contributed by atoms with Gasteiger partial charge in [-0.15, -0.1) is 0 Å². The lowest BCUT2D eigenvalue weighted by atomic mass is 10.2. The molecule has 0 radical (unpaired) electrons. The van der Waals surface area contributed by atoms with Crippen LogP contribution in [0.25, 0.3) is 0 Å². The van der Waals surface area contributed by atoms with Gasteiger partial charge in [-0.2, -0.15) is 0 Å². The Morgan fingerprint density at radius 2 is 1.67 bits per heavy atom. The number of carbonyl (C=O) groups is 2. The molecular formula is C18H14Cl5N3O3S. The Morgan fingerprint density at radius 1 is 1.03 bits per heavy atom. The minimum absolute atomic E-state index is 0.0552. The zero-order valence-electron chi connectivity index (χ0n) is 15.1. The number of ether oxygens (including phenoxy) is 1. The number of nitrogens with one attached hydrogen (secondary N) is 3. The summed E-state index contributed by atoms with van der Waals surface area (Å²) in [5.74, 6) is -1.08. The minimum Gasteiger partial charge on any atom is -0.465 e.